The van der Waals surface area contributed by atoms with E-state index in [1.54, 1.807) is 30.3 Å². The van der Waals surface area contributed by atoms with E-state index in [9.17, 15) is 9.59 Å². The summed E-state index contributed by atoms with van der Waals surface area (Å²) >= 11 is 0. The smallest absolute Gasteiger partial charge is 0.244 e. The van der Waals surface area contributed by atoms with Crippen LogP contribution in [0.2, 0.25) is 0 Å². The van der Waals surface area contributed by atoms with Gasteiger partial charge in [0, 0.05) is 26.1 Å². The highest BCUT2D eigenvalue weighted by Crippen LogP contribution is 2.10. The molecule has 0 spiro atoms. The minimum atomic E-state index is -0.228. The quantitative estimate of drug-likeness (QED) is 0.529. The molecule has 0 atom stereocenters. The van der Waals surface area contributed by atoms with Crippen LogP contribution in [0, 0.1) is 0 Å². The number of carbonyl (C=O) groups excluding carboxylic acids is 2. The lowest BCUT2D eigenvalue weighted by Crippen LogP contribution is -2.32. The fraction of sp³-hybridized carbons (Fsp3) is 0.231. The van der Waals surface area contributed by atoms with Crippen molar-refractivity contribution in [1.29, 1.82) is 0 Å². The van der Waals surface area contributed by atoms with Crippen molar-refractivity contribution in [3.05, 3.63) is 35.9 Å². The first-order valence-electron chi connectivity index (χ1n) is 5.57. The van der Waals surface area contributed by atoms with Gasteiger partial charge < -0.3 is 15.7 Å². The molecule has 18 heavy (non-hydrogen) atoms. The van der Waals surface area contributed by atoms with E-state index in [0.29, 0.717) is 13.1 Å². The van der Waals surface area contributed by atoms with Crippen molar-refractivity contribution in [2.24, 2.45) is 0 Å². The molecule has 0 aliphatic rings. The number of benzene rings is 1. The molecule has 5 heteroatoms. The number of hydrogen-bond donors (Lipinski definition) is 3. The Morgan fingerprint density at radius 2 is 1.78 bits per heavy atom. The van der Waals surface area contributed by atoms with E-state index in [1.165, 1.54) is 13.0 Å². The molecule has 3 N–H and O–H groups in total. The largest absolute Gasteiger partial charge is 0.508 e. The Bertz CT molecular complexity index is 438. The molecule has 2 amide bonds. The minimum absolute atomic E-state index is 0.121. The molecular formula is C13H16N2O3. The highest BCUT2D eigenvalue weighted by molar-refractivity contribution is 5.91. The second-order valence-corrected chi connectivity index (χ2v) is 3.70. The van der Waals surface area contributed by atoms with Gasteiger partial charge in [0.2, 0.25) is 11.8 Å². The van der Waals surface area contributed by atoms with E-state index in [4.69, 9.17) is 5.11 Å². The maximum absolute atomic E-state index is 11.4. The Morgan fingerprint density at radius 3 is 2.39 bits per heavy atom. The Morgan fingerprint density at radius 1 is 1.17 bits per heavy atom. The number of amides is 2. The lowest BCUT2D eigenvalue weighted by atomic mass is 10.2. The van der Waals surface area contributed by atoms with Gasteiger partial charge >= 0.3 is 0 Å². The zero-order chi connectivity index (χ0) is 13.4. The van der Waals surface area contributed by atoms with Crippen molar-refractivity contribution < 1.29 is 14.7 Å². The summed E-state index contributed by atoms with van der Waals surface area (Å²) in [6, 6.07) is 6.51. The Kier molecular flexibility index (Phi) is 5.44. The van der Waals surface area contributed by atoms with Gasteiger partial charge in [-0.25, -0.2) is 0 Å². The molecule has 0 aliphatic carbocycles. The van der Waals surface area contributed by atoms with Crippen molar-refractivity contribution in [3.63, 3.8) is 0 Å². The number of aromatic hydroxyl groups is 1. The lowest BCUT2D eigenvalue weighted by molar-refractivity contribution is -0.119. The number of phenols is 1. The van der Waals surface area contributed by atoms with Crippen molar-refractivity contribution in [2.75, 3.05) is 13.1 Å². The van der Waals surface area contributed by atoms with Gasteiger partial charge in [-0.05, 0) is 23.8 Å². The summed E-state index contributed by atoms with van der Waals surface area (Å²) in [6.45, 7) is 2.22. The molecule has 0 saturated heterocycles. The highest BCUT2D eigenvalue weighted by atomic mass is 16.3. The maximum atomic E-state index is 11.4. The predicted molar refractivity (Wildman–Crippen MR) is 68.8 cm³/mol. The van der Waals surface area contributed by atoms with Crippen LogP contribution in [0.25, 0.3) is 6.08 Å². The molecule has 5 nitrogen and oxygen atoms in total. The number of nitrogens with one attached hydrogen (secondary N) is 2. The van der Waals surface area contributed by atoms with E-state index >= 15 is 0 Å². The SMILES string of the molecule is CC(=O)NCCNC(=O)/C=C/c1ccc(O)cc1. The van der Waals surface area contributed by atoms with Crippen LogP contribution in [0.5, 0.6) is 5.75 Å². The Hall–Kier alpha value is -2.30. The van der Waals surface area contributed by atoms with Crippen LogP contribution in [-0.2, 0) is 9.59 Å². The van der Waals surface area contributed by atoms with E-state index < -0.39 is 0 Å². The molecule has 0 aliphatic heterocycles. The van der Waals surface area contributed by atoms with Crippen LogP contribution in [0.3, 0.4) is 0 Å². The van der Waals surface area contributed by atoms with Gasteiger partial charge in [-0.1, -0.05) is 12.1 Å². The summed E-state index contributed by atoms with van der Waals surface area (Å²) in [5.74, 6) is -0.163. The topological polar surface area (TPSA) is 78.4 Å². The summed E-state index contributed by atoms with van der Waals surface area (Å²) in [6.07, 6.45) is 3.05. The number of rotatable bonds is 5. The monoisotopic (exact) mass is 248 g/mol. The van der Waals surface area contributed by atoms with Gasteiger partial charge in [0.1, 0.15) is 5.75 Å². The van der Waals surface area contributed by atoms with Crippen molar-refractivity contribution >= 4 is 17.9 Å². The second-order valence-electron chi connectivity index (χ2n) is 3.70. The minimum Gasteiger partial charge on any atom is -0.508 e. The van der Waals surface area contributed by atoms with Crippen LogP contribution in [0.15, 0.2) is 30.3 Å². The third-order valence-electron chi connectivity index (χ3n) is 2.12. The second kappa shape index (κ2) is 7.11. The number of hydrogen-bond acceptors (Lipinski definition) is 3. The van der Waals surface area contributed by atoms with Crippen molar-refractivity contribution in [2.45, 2.75) is 6.92 Å². The van der Waals surface area contributed by atoms with Gasteiger partial charge in [0.25, 0.3) is 0 Å². The molecule has 0 saturated carbocycles. The molecule has 0 fully saturated rings. The summed E-state index contributed by atoms with van der Waals surface area (Å²) in [7, 11) is 0. The summed E-state index contributed by atoms with van der Waals surface area (Å²) in [4.78, 5) is 21.9. The summed E-state index contributed by atoms with van der Waals surface area (Å²) in [5, 5.41) is 14.3. The van der Waals surface area contributed by atoms with Gasteiger partial charge in [0.05, 0.1) is 0 Å². The molecule has 0 radical (unpaired) electrons. The standard InChI is InChI=1S/C13H16N2O3/c1-10(16)14-8-9-15-13(18)7-4-11-2-5-12(17)6-3-11/h2-7,17H,8-9H2,1H3,(H,14,16)(H,15,18)/b7-4+. The van der Waals surface area contributed by atoms with Crippen LogP contribution < -0.4 is 10.6 Å². The molecule has 0 aromatic heterocycles. The van der Waals surface area contributed by atoms with Crippen molar-refractivity contribution in [1.82, 2.24) is 10.6 Å². The first-order valence-corrected chi connectivity index (χ1v) is 5.57. The molecule has 96 valence electrons. The van der Waals surface area contributed by atoms with Gasteiger partial charge in [-0.3, -0.25) is 9.59 Å². The first-order chi connectivity index (χ1) is 8.58. The molecule has 1 aromatic rings. The number of carbonyl (C=O) groups is 2. The Labute approximate surface area is 106 Å². The molecular weight excluding hydrogens is 232 g/mol. The van der Waals surface area contributed by atoms with Crippen LogP contribution in [0.1, 0.15) is 12.5 Å². The first kappa shape index (κ1) is 13.8. The normalized spacial score (nSPS) is 10.3. The van der Waals surface area contributed by atoms with E-state index in [1.807, 2.05) is 0 Å². The zero-order valence-electron chi connectivity index (χ0n) is 10.1. The van der Waals surface area contributed by atoms with Gasteiger partial charge in [-0.15, -0.1) is 0 Å². The van der Waals surface area contributed by atoms with Crippen LogP contribution in [-0.4, -0.2) is 30.0 Å². The van der Waals surface area contributed by atoms with E-state index in [0.717, 1.165) is 5.56 Å². The Balaban J connectivity index is 2.31. The molecule has 1 rings (SSSR count). The van der Waals surface area contributed by atoms with Gasteiger partial charge in [0.15, 0.2) is 0 Å². The van der Waals surface area contributed by atoms with E-state index in [-0.39, 0.29) is 17.6 Å². The highest BCUT2D eigenvalue weighted by Gasteiger charge is 1.95. The molecule has 0 heterocycles. The fourth-order valence-corrected chi connectivity index (χ4v) is 1.24. The molecule has 0 unspecified atom stereocenters. The average molecular weight is 248 g/mol. The van der Waals surface area contributed by atoms with Gasteiger partial charge in [-0.2, -0.15) is 0 Å². The number of phenolic OH excluding ortho intramolecular Hbond substituents is 1. The third-order valence-corrected chi connectivity index (χ3v) is 2.12. The fourth-order valence-electron chi connectivity index (χ4n) is 1.24. The van der Waals surface area contributed by atoms with Crippen LogP contribution in [0.4, 0.5) is 0 Å². The maximum Gasteiger partial charge on any atom is 0.244 e. The predicted octanol–water partition coefficient (Wildman–Crippen LogP) is 0.658. The lowest BCUT2D eigenvalue weighted by Gasteiger charge is -2.02. The van der Waals surface area contributed by atoms with Crippen LogP contribution >= 0.6 is 0 Å². The third kappa shape index (κ3) is 5.69. The molecule has 1 aromatic carbocycles. The summed E-state index contributed by atoms with van der Waals surface area (Å²) in [5.41, 5.74) is 0.824. The summed E-state index contributed by atoms with van der Waals surface area (Å²) < 4.78 is 0. The zero-order valence-corrected chi connectivity index (χ0v) is 10.1. The van der Waals surface area contributed by atoms with E-state index in [2.05, 4.69) is 10.6 Å². The van der Waals surface area contributed by atoms with Crippen molar-refractivity contribution in [3.8, 4) is 5.75 Å². The molecule has 0 bridgehead atoms. The average Bonchev–Trinajstić information content (AvgIpc) is 2.34.